The number of anilines is 1. The van der Waals surface area contributed by atoms with E-state index >= 15 is 0 Å². The van der Waals surface area contributed by atoms with Crippen LogP contribution in [0.5, 0.6) is 0 Å². The van der Waals surface area contributed by atoms with Gasteiger partial charge in [-0.05, 0) is 52.4 Å². The van der Waals surface area contributed by atoms with Crippen molar-refractivity contribution in [1.29, 1.82) is 0 Å². The zero-order valence-electron chi connectivity index (χ0n) is 13.2. The lowest BCUT2D eigenvalue weighted by molar-refractivity contribution is 0.0162. The average molecular weight is 294 g/mol. The number of nitrogens with one attached hydrogen (secondary N) is 1. The summed E-state index contributed by atoms with van der Waals surface area (Å²) in [5.74, 6) is 0.494. The van der Waals surface area contributed by atoms with Crippen LogP contribution in [0, 0.1) is 5.92 Å². The summed E-state index contributed by atoms with van der Waals surface area (Å²) < 4.78 is 5.45. The molecule has 0 radical (unpaired) electrons. The van der Waals surface area contributed by atoms with Crippen LogP contribution in [-0.4, -0.2) is 39.9 Å². The molecule has 1 atom stereocenters. The number of aromatic amines is 1. The molecule has 2 heterocycles. The minimum Gasteiger partial charge on any atom is -0.444 e. The Bertz CT molecular complexity index is 478. The fourth-order valence-corrected chi connectivity index (χ4v) is 2.66. The number of carbonyl (C=O) groups excluding carboxylic acids is 1. The van der Waals surface area contributed by atoms with E-state index < -0.39 is 5.60 Å². The molecule has 1 saturated heterocycles. The van der Waals surface area contributed by atoms with Crippen molar-refractivity contribution in [1.82, 2.24) is 15.1 Å². The highest BCUT2D eigenvalue weighted by Crippen LogP contribution is 2.23. The maximum absolute atomic E-state index is 12.1. The number of piperidine rings is 1. The highest BCUT2D eigenvalue weighted by molar-refractivity contribution is 5.68. The molecular formula is C15H26N4O2. The molecule has 118 valence electrons. The van der Waals surface area contributed by atoms with Gasteiger partial charge in [-0.15, -0.1) is 0 Å². The number of nitrogens with zero attached hydrogens (tertiary/aromatic N) is 2. The van der Waals surface area contributed by atoms with E-state index in [-0.39, 0.29) is 6.09 Å². The molecule has 3 N–H and O–H groups in total. The monoisotopic (exact) mass is 294 g/mol. The van der Waals surface area contributed by atoms with E-state index in [0.717, 1.165) is 50.2 Å². The summed E-state index contributed by atoms with van der Waals surface area (Å²) in [6.45, 7) is 7.24. The van der Waals surface area contributed by atoms with Crippen LogP contribution in [-0.2, 0) is 11.2 Å². The second-order valence-electron chi connectivity index (χ2n) is 6.78. The van der Waals surface area contributed by atoms with Gasteiger partial charge in [0.2, 0.25) is 0 Å². The second kappa shape index (κ2) is 6.37. The molecule has 1 aromatic rings. The van der Waals surface area contributed by atoms with Crippen LogP contribution in [0.1, 0.15) is 45.7 Å². The molecule has 6 heteroatoms. The van der Waals surface area contributed by atoms with E-state index in [9.17, 15) is 4.79 Å². The zero-order chi connectivity index (χ0) is 15.5. The van der Waals surface area contributed by atoms with Gasteiger partial charge in [-0.1, -0.05) is 0 Å². The quantitative estimate of drug-likeness (QED) is 0.897. The Balaban J connectivity index is 1.83. The molecule has 1 aromatic heterocycles. The van der Waals surface area contributed by atoms with E-state index in [0.29, 0.717) is 5.92 Å². The standard InChI is InChI=1S/C15H26N4O2/c1-15(2,3)21-14(20)19-8-4-5-11(10-19)6-7-13-12(16)9-17-18-13/h9,11H,4-8,10,16H2,1-3H3,(H,17,18). The van der Waals surface area contributed by atoms with Gasteiger partial charge < -0.3 is 15.4 Å². The van der Waals surface area contributed by atoms with E-state index in [2.05, 4.69) is 10.2 Å². The lowest BCUT2D eigenvalue weighted by atomic mass is 9.93. The molecule has 2 rings (SSSR count). The van der Waals surface area contributed by atoms with Crippen molar-refractivity contribution >= 4 is 11.8 Å². The minimum absolute atomic E-state index is 0.201. The lowest BCUT2D eigenvalue weighted by Gasteiger charge is -2.34. The summed E-state index contributed by atoms with van der Waals surface area (Å²) in [5.41, 5.74) is 7.09. The number of nitrogens with two attached hydrogens (primary N) is 1. The van der Waals surface area contributed by atoms with Gasteiger partial charge in [0.05, 0.1) is 17.6 Å². The van der Waals surface area contributed by atoms with Crippen molar-refractivity contribution in [2.75, 3.05) is 18.8 Å². The van der Waals surface area contributed by atoms with Crippen LogP contribution >= 0.6 is 0 Å². The highest BCUT2D eigenvalue weighted by Gasteiger charge is 2.27. The number of aromatic nitrogens is 2. The van der Waals surface area contributed by atoms with E-state index in [1.54, 1.807) is 6.20 Å². The van der Waals surface area contributed by atoms with Crippen molar-refractivity contribution in [2.24, 2.45) is 5.92 Å². The minimum atomic E-state index is -0.436. The maximum Gasteiger partial charge on any atom is 0.410 e. The normalized spacial score (nSPS) is 19.6. The predicted molar refractivity (Wildman–Crippen MR) is 81.9 cm³/mol. The topological polar surface area (TPSA) is 84.2 Å². The predicted octanol–water partition coefficient (Wildman–Crippen LogP) is 2.57. The molecule has 0 saturated carbocycles. The summed E-state index contributed by atoms with van der Waals surface area (Å²) in [4.78, 5) is 13.9. The third kappa shape index (κ3) is 4.65. The number of amides is 1. The molecule has 21 heavy (non-hydrogen) atoms. The first-order chi connectivity index (χ1) is 9.85. The van der Waals surface area contributed by atoms with Gasteiger partial charge >= 0.3 is 6.09 Å². The Labute approximate surface area is 126 Å². The number of ether oxygens (including phenoxy) is 1. The van der Waals surface area contributed by atoms with Crippen LogP contribution in [0.2, 0.25) is 0 Å². The fraction of sp³-hybridized carbons (Fsp3) is 0.733. The Morgan fingerprint density at radius 1 is 1.57 bits per heavy atom. The Morgan fingerprint density at radius 3 is 2.95 bits per heavy atom. The zero-order valence-corrected chi connectivity index (χ0v) is 13.2. The number of aryl methyl sites for hydroxylation is 1. The molecule has 1 aliphatic rings. The summed E-state index contributed by atoms with van der Waals surface area (Å²) in [5, 5.41) is 6.86. The summed E-state index contributed by atoms with van der Waals surface area (Å²) >= 11 is 0. The molecule has 0 spiro atoms. The second-order valence-corrected chi connectivity index (χ2v) is 6.78. The van der Waals surface area contributed by atoms with Crippen LogP contribution in [0.15, 0.2) is 6.20 Å². The first-order valence-corrected chi connectivity index (χ1v) is 7.61. The smallest absolute Gasteiger partial charge is 0.410 e. The van der Waals surface area contributed by atoms with Gasteiger partial charge in [0.1, 0.15) is 5.60 Å². The number of carbonyl (C=O) groups is 1. The molecule has 6 nitrogen and oxygen atoms in total. The maximum atomic E-state index is 12.1. The number of rotatable bonds is 3. The molecule has 1 fully saturated rings. The largest absolute Gasteiger partial charge is 0.444 e. The molecule has 1 aliphatic heterocycles. The Kier molecular flexibility index (Phi) is 4.75. The number of nitrogen functional groups attached to an aromatic ring is 1. The van der Waals surface area contributed by atoms with Gasteiger partial charge in [-0.3, -0.25) is 5.10 Å². The summed E-state index contributed by atoms with van der Waals surface area (Å²) in [7, 11) is 0. The van der Waals surface area contributed by atoms with Crippen molar-refractivity contribution in [2.45, 2.75) is 52.1 Å². The van der Waals surface area contributed by atoms with Crippen molar-refractivity contribution in [3.63, 3.8) is 0 Å². The molecule has 0 aromatic carbocycles. The molecule has 1 amide bonds. The highest BCUT2D eigenvalue weighted by atomic mass is 16.6. The van der Waals surface area contributed by atoms with Crippen LogP contribution < -0.4 is 5.73 Å². The van der Waals surface area contributed by atoms with Crippen molar-refractivity contribution in [3.8, 4) is 0 Å². The van der Waals surface area contributed by atoms with Crippen molar-refractivity contribution in [3.05, 3.63) is 11.9 Å². The van der Waals surface area contributed by atoms with E-state index in [1.807, 2.05) is 25.7 Å². The first-order valence-electron chi connectivity index (χ1n) is 7.61. The molecule has 1 unspecified atom stereocenters. The van der Waals surface area contributed by atoms with Gasteiger partial charge in [0, 0.05) is 13.1 Å². The number of hydrogen-bond donors (Lipinski definition) is 2. The first kappa shape index (κ1) is 15.7. The van der Waals surface area contributed by atoms with Gasteiger partial charge in [-0.2, -0.15) is 5.10 Å². The lowest BCUT2D eigenvalue weighted by Crippen LogP contribution is -2.43. The van der Waals surface area contributed by atoms with Gasteiger partial charge in [0.25, 0.3) is 0 Å². The third-order valence-electron chi connectivity index (χ3n) is 3.72. The number of hydrogen-bond acceptors (Lipinski definition) is 4. The van der Waals surface area contributed by atoms with Crippen molar-refractivity contribution < 1.29 is 9.53 Å². The van der Waals surface area contributed by atoms with Crippen LogP contribution in [0.4, 0.5) is 10.5 Å². The van der Waals surface area contributed by atoms with E-state index in [1.165, 1.54) is 0 Å². The van der Waals surface area contributed by atoms with Crippen LogP contribution in [0.3, 0.4) is 0 Å². The van der Waals surface area contributed by atoms with Gasteiger partial charge in [0.15, 0.2) is 0 Å². The third-order valence-corrected chi connectivity index (χ3v) is 3.72. The Hall–Kier alpha value is -1.72. The molecule has 0 bridgehead atoms. The fourth-order valence-electron chi connectivity index (χ4n) is 2.66. The Morgan fingerprint density at radius 2 is 2.33 bits per heavy atom. The SMILES string of the molecule is CC(C)(C)OC(=O)N1CCCC(CCc2[nH]ncc2N)C1. The average Bonchev–Trinajstić information content (AvgIpc) is 2.80. The molecular weight excluding hydrogens is 268 g/mol. The van der Waals surface area contributed by atoms with E-state index in [4.69, 9.17) is 10.5 Å². The number of likely N-dealkylation sites (tertiary alicyclic amines) is 1. The number of H-pyrrole nitrogens is 1. The summed E-state index contributed by atoms with van der Waals surface area (Å²) in [6.07, 6.45) is 5.50. The van der Waals surface area contributed by atoms with Gasteiger partial charge in [-0.25, -0.2) is 4.79 Å². The summed E-state index contributed by atoms with van der Waals surface area (Å²) in [6, 6.07) is 0. The molecule has 0 aliphatic carbocycles. The van der Waals surface area contributed by atoms with Crippen LogP contribution in [0.25, 0.3) is 0 Å².